The van der Waals surface area contributed by atoms with E-state index >= 15 is 0 Å². The molecule has 0 aliphatic heterocycles. The number of rotatable bonds is 7. The highest BCUT2D eigenvalue weighted by molar-refractivity contribution is 9.10. The van der Waals surface area contributed by atoms with Crippen molar-refractivity contribution >= 4 is 31.9 Å². The fraction of sp³-hybridized carbons (Fsp3) is 0.316. The van der Waals surface area contributed by atoms with Crippen molar-refractivity contribution in [3.63, 3.8) is 0 Å². The molecule has 26 heavy (non-hydrogen) atoms. The molecule has 0 spiro atoms. The van der Waals surface area contributed by atoms with Crippen LogP contribution in [0, 0.1) is 12.8 Å². The van der Waals surface area contributed by atoms with Gasteiger partial charge in [-0.25, -0.2) is 8.42 Å². The van der Waals surface area contributed by atoms with Crippen LogP contribution in [0.1, 0.15) is 25.0 Å². The highest BCUT2D eigenvalue weighted by Gasteiger charge is 2.28. The number of halogens is 1. The predicted octanol–water partition coefficient (Wildman–Crippen LogP) is 3.38. The predicted molar refractivity (Wildman–Crippen MR) is 106 cm³/mol. The quantitative estimate of drug-likeness (QED) is 0.695. The van der Waals surface area contributed by atoms with Gasteiger partial charge in [-0.2, -0.15) is 4.72 Å². The van der Waals surface area contributed by atoms with Gasteiger partial charge in [0.05, 0.1) is 4.90 Å². The van der Waals surface area contributed by atoms with Crippen LogP contribution >= 0.6 is 15.9 Å². The summed E-state index contributed by atoms with van der Waals surface area (Å²) in [5.41, 5.74) is 2.10. The van der Waals surface area contributed by atoms with E-state index in [0.717, 1.165) is 15.6 Å². The Labute approximate surface area is 163 Å². The Bertz CT molecular complexity index is 847. The Morgan fingerprint density at radius 3 is 2.15 bits per heavy atom. The molecule has 0 aromatic heterocycles. The minimum absolute atomic E-state index is 0.123. The average molecular weight is 439 g/mol. The zero-order valence-corrected chi connectivity index (χ0v) is 17.4. The van der Waals surface area contributed by atoms with Gasteiger partial charge in [-0.3, -0.25) is 4.79 Å². The zero-order chi connectivity index (χ0) is 19.3. The van der Waals surface area contributed by atoms with E-state index in [2.05, 4.69) is 26.0 Å². The Morgan fingerprint density at radius 1 is 1.04 bits per heavy atom. The van der Waals surface area contributed by atoms with Crippen molar-refractivity contribution in [2.45, 2.75) is 38.3 Å². The highest BCUT2D eigenvalue weighted by atomic mass is 79.9. The summed E-state index contributed by atoms with van der Waals surface area (Å²) >= 11 is 3.28. The van der Waals surface area contributed by atoms with Crippen molar-refractivity contribution in [2.75, 3.05) is 0 Å². The number of sulfonamides is 1. The Hall–Kier alpha value is -1.70. The van der Waals surface area contributed by atoms with Crippen LogP contribution in [0.4, 0.5) is 0 Å². The van der Waals surface area contributed by atoms with Crippen LogP contribution in [0.2, 0.25) is 0 Å². The molecule has 0 fully saturated rings. The molecule has 1 unspecified atom stereocenters. The monoisotopic (exact) mass is 438 g/mol. The summed E-state index contributed by atoms with van der Waals surface area (Å²) < 4.78 is 28.4. The van der Waals surface area contributed by atoms with Crippen LogP contribution in [-0.4, -0.2) is 20.4 Å². The van der Waals surface area contributed by atoms with Crippen molar-refractivity contribution in [1.82, 2.24) is 10.0 Å². The summed E-state index contributed by atoms with van der Waals surface area (Å²) in [6, 6.07) is 13.2. The fourth-order valence-corrected chi connectivity index (χ4v) is 3.95. The third kappa shape index (κ3) is 5.65. The highest BCUT2D eigenvalue weighted by Crippen LogP contribution is 2.16. The van der Waals surface area contributed by atoms with Crippen LogP contribution in [0.15, 0.2) is 57.9 Å². The minimum atomic E-state index is -3.79. The first-order valence-electron chi connectivity index (χ1n) is 8.30. The molecule has 0 aliphatic carbocycles. The number of nitrogens with one attached hydrogen (secondary N) is 2. The van der Waals surface area contributed by atoms with E-state index in [0.29, 0.717) is 6.54 Å². The largest absolute Gasteiger partial charge is 0.351 e. The number of aryl methyl sites for hydroxylation is 1. The van der Waals surface area contributed by atoms with Gasteiger partial charge in [-0.15, -0.1) is 0 Å². The Balaban J connectivity index is 2.08. The molecule has 140 valence electrons. The molecule has 5 nitrogen and oxygen atoms in total. The lowest BCUT2D eigenvalue weighted by atomic mass is 10.0. The van der Waals surface area contributed by atoms with Crippen molar-refractivity contribution < 1.29 is 13.2 Å². The molecule has 2 aromatic carbocycles. The Morgan fingerprint density at radius 2 is 1.62 bits per heavy atom. The van der Waals surface area contributed by atoms with Gasteiger partial charge >= 0.3 is 0 Å². The van der Waals surface area contributed by atoms with Crippen molar-refractivity contribution in [3.05, 3.63) is 64.1 Å². The summed E-state index contributed by atoms with van der Waals surface area (Å²) in [4.78, 5) is 12.7. The van der Waals surface area contributed by atoms with Crippen LogP contribution in [0.25, 0.3) is 0 Å². The van der Waals surface area contributed by atoms with Gasteiger partial charge in [0.2, 0.25) is 15.9 Å². The smallest absolute Gasteiger partial charge is 0.241 e. The molecule has 2 N–H and O–H groups in total. The lowest BCUT2D eigenvalue weighted by molar-refractivity contribution is -0.123. The van der Waals surface area contributed by atoms with Crippen molar-refractivity contribution in [3.8, 4) is 0 Å². The lowest BCUT2D eigenvalue weighted by Gasteiger charge is -2.21. The molecule has 0 radical (unpaired) electrons. The van der Waals surface area contributed by atoms with Gasteiger partial charge in [-0.05, 0) is 42.7 Å². The molecule has 1 amide bonds. The average Bonchev–Trinajstić information content (AvgIpc) is 2.59. The van der Waals surface area contributed by atoms with Crippen molar-refractivity contribution in [2.24, 2.45) is 5.92 Å². The maximum atomic E-state index is 12.6. The summed E-state index contributed by atoms with van der Waals surface area (Å²) in [5, 5.41) is 2.81. The molecule has 0 heterocycles. The number of carbonyl (C=O) groups is 1. The van der Waals surface area contributed by atoms with E-state index in [-0.39, 0.29) is 16.7 Å². The molecule has 2 aromatic rings. The minimum Gasteiger partial charge on any atom is -0.351 e. The van der Waals surface area contributed by atoms with Gasteiger partial charge in [0.25, 0.3) is 0 Å². The molecule has 0 aliphatic rings. The molecule has 2 rings (SSSR count). The molecular formula is C19H23BrN2O3S. The standard InChI is InChI=1S/C19H23BrN2O3S/c1-13(2)18(19(23)21-12-15-6-4-14(3)5-7-15)22-26(24,25)17-10-8-16(20)9-11-17/h4-11,13,18,22H,12H2,1-3H3,(H,21,23). The summed E-state index contributed by atoms with van der Waals surface area (Å²) in [6.45, 7) is 5.96. The fourth-order valence-electron chi connectivity index (χ4n) is 2.35. The third-order valence-electron chi connectivity index (χ3n) is 3.94. The topological polar surface area (TPSA) is 75.3 Å². The van der Waals surface area contributed by atoms with Crippen LogP contribution in [0.3, 0.4) is 0 Å². The molecule has 7 heteroatoms. The maximum Gasteiger partial charge on any atom is 0.241 e. The van der Waals surface area contributed by atoms with E-state index in [1.54, 1.807) is 26.0 Å². The molecule has 1 atom stereocenters. The van der Waals surface area contributed by atoms with Gasteiger partial charge in [0.1, 0.15) is 6.04 Å². The number of hydrogen-bond acceptors (Lipinski definition) is 3. The maximum absolute atomic E-state index is 12.6. The number of carbonyl (C=O) groups excluding carboxylic acids is 1. The molecular weight excluding hydrogens is 416 g/mol. The second kappa shape index (κ2) is 8.79. The second-order valence-corrected chi connectivity index (χ2v) is 9.13. The van der Waals surface area contributed by atoms with Gasteiger partial charge in [-0.1, -0.05) is 59.6 Å². The van der Waals surface area contributed by atoms with Crippen LogP contribution < -0.4 is 10.0 Å². The van der Waals surface area contributed by atoms with Crippen molar-refractivity contribution in [1.29, 1.82) is 0 Å². The SMILES string of the molecule is Cc1ccc(CNC(=O)C(NS(=O)(=O)c2ccc(Br)cc2)C(C)C)cc1. The van der Waals surface area contributed by atoms with Gasteiger partial charge < -0.3 is 5.32 Å². The number of hydrogen-bond donors (Lipinski definition) is 2. The summed E-state index contributed by atoms with van der Waals surface area (Å²) in [6.07, 6.45) is 0. The van der Waals surface area contributed by atoms with E-state index in [1.165, 1.54) is 12.1 Å². The van der Waals surface area contributed by atoms with E-state index in [9.17, 15) is 13.2 Å². The second-order valence-electron chi connectivity index (χ2n) is 6.50. The molecule has 0 bridgehead atoms. The Kier molecular flexibility index (Phi) is 6.97. The summed E-state index contributed by atoms with van der Waals surface area (Å²) in [5.74, 6) is -0.542. The summed E-state index contributed by atoms with van der Waals surface area (Å²) in [7, 11) is -3.79. The molecule has 0 saturated heterocycles. The van der Waals surface area contributed by atoms with E-state index in [1.807, 2.05) is 31.2 Å². The number of amides is 1. The van der Waals surface area contributed by atoms with Gasteiger partial charge in [0.15, 0.2) is 0 Å². The normalized spacial score (nSPS) is 12.8. The first-order chi connectivity index (χ1) is 12.2. The zero-order valence-electron chi connectivity index (χ0n) is 15.0. The third-order valence-corrected chi connectivity index (χ3v) is 5.93. The first kappa shape index (κ1) is 20.6. The number of benzene rings is 2. The van der Waals surface area contributed by atoms with Crippen LogP contribution in [0.5, 0.6) is 0 Å². The molecule has 0 saturated carbocycles. The lowest BCUT2D eigenvalue weighted by Crippen LogP contribution is -2.49. The first-order valence-corrected chi connectivity index (χ1v) is 10.6. The van der Waals surface area contributed by atoms with E-state index < -0.39 is 16.1 Å². The van der Waals surface area contributed by atoms with Gasteiger partial charge in [0, 0.05) is 11.0 Å². The van der Waals surface area contributed by atoms with E-state index in [4.69, 9.17) is 0 Å². The van der Waals surface area contributed by atoms with Crippen LogP contribution in [-0.2, 0) is 21.4 Å².